The number of carbonyl (C=O) groups is 2. The lowest BCUT2D eigenvalue weighted by Crippen LogP contribution is -2.45. The summed E-state index contributed by atoms with van der Waals surface area (Å²) in [5, 5.41) is 23.3. The molecule has 0 rings (SSSR count). The second-order valence-electron chi connectivity index (χ2n) is 24.2. The molecule has 0 radical (unpaired) electrons. The molecule has 2 atom stereocenters. The van der Waals surface area contributed by atoms with Gasteiger partial charge in [-0.1, -0.05) is 326 Å². The molecular weight excluding hydrogens is 959 g/mol. The highest BCUT2D eigenvalue weighted by Gasteiger charge is 2.18. The highest BCUT2D eigenvalue weighted by atomic mass is 16.5. The summed E-state index contributed by atoms with van der Waals surface area (Å²) in [4.78, 5) is 24.6. The van der Waals surface area contributed by atoms with Crippen molar-refractivity contribution in [3.63, 3.8) is 0 Å². The Morgan fingerprint density at radius 1 is 0.346 bits per heavy atom. The van der Waals surface area contributed by atoms with Gasteiger partial charge in [0, 0.05) is 12.8 Å². The Morgan fingerprint density at radius 3 is 0.923 bits per heavy atom. The monoisotopic (exact) mass is 1100 g/mol. The minimum atomic E-state index is -0.847. The molecule has 460 valence electrons. The summed E-state index contributed by atoms with van der Waals surface area (Å²) >= 11 is 0. The normalized spacial score (nSPS) is 12.7. The predicted octanol–water partition coefficient (Wildman–Crippen LogP) is 22.7. The Labute approximate surface area is 487 Å². The number of rotatable bonds is 66. The fourth-order valence-electron chi connectivity index (χ4n) is 11.0. The van der Waals surface area contributed by atoms with Crippen LogP contribution in [0.3, 0.4) is 0 Å². The van der Waals surface area contributed by atoms with Crippen LogP contribution in [0.2, 0.25) is 0 Å². The molecule has 0 spiro atoms. The summed E-state index contributed by atoms with van der Waals surface area (Å²) < 4.78 is 5.48. The second-order valence-corrected chi connectivity index (χ2v) is 24.2. The van der Waals surface area contributed by atoms with E-state index in [2.05, 4.69) is 43.5 Å². The van der Waals surface area contributed by atoms with E-state index in [1.54, 1.807) is 6.08 Å². The third kappa shape index (κ3) is 63.3. The lowest BCUT2D eigenvalue weighted by Gasteiger charge is -2.20. The van der Waals surface area contributed by atoms with E-state index in [-0.39, 0.29) is 18.5 Å². The predicted molar refractivity (Wildman–Crippen MR) is 343 cm³/mol. The van der Waals surface area contributed by atoms with Gasteiger partial charge in [0.1, 0.15) is 0 Å². The summed E-state index contributed by atoms with van der Waals surface area (Å²) in [7, 11) is 0. The van der Waals surface area contributed by atoms with Crippen LogP contribution < -0.4 is 5.32 Å². The van der Waals surface area contributed by atoms with Crippen molar-refractivity contribution in [2.45, 2.75) is 398 Å². The Kier molecular flexibility index (Phi) is 65.9. The standard InChI is InChI=1S/C72H137NO5/c1-3-5-7-9-11-13-15-17-18-19-20-21-28-31-34-37-41-44-48-52-56-60-64-70(75)69(68-74)73-71(76)65-61-57-53-49-45-42-38-35-32-29-26-24-22-23-25-27-30-33-36-39-43-47-51-55-59-63-67-78-72(77)66-62-58-54-50-46-40-16-14-12-10-8-6-4-2/h14,16,22,24,60,64,69-70,74-75H,3-13,15,17-21,23,25-59,61-63,65-68H2,1-2H3,(H,73,76)/b16-14-,24-22-,64-60+. The molecule has 2 unspecified atom stereocenters. The number of aliphatic hydroxyl groups excluding tert-OH is 2. The number of nitrogens with one attached hydrogen (secondary N) is 1. The van der Waals surface area contributed by atoms with Crippen LogP contribution in [-0.2, 0) is 14.3 Å². The molecule has 0 aliphatic rings. The van der Waals surface area contributed by atoms with Crippen LogP contribution in [0.4, 0.5) is 0 Å². The first-order chi connectivity index (χ1) is 38.5. The molecule has 6 nitrogen and oxygen atoms in total. The van der Waals surface area contributed by atoms with E-state index < -0.39 is 12.1 Å². The minimum Gasteiger partial charge on any atom is -0.466 e. The van der Waals surface area contributed by atoms with E-state index in [0.717, 1.165) is 44.9 Å². The van der Waals surface area contributed by atoms with Crippen molar-refractivity contribution in [3.8, 4) is 0 Å². The Bertz CT molecular complexity index is 1260. The smallest absolute Gasteiger partial charge is 0.305 e. The lowest BCUT2D eigenvalue weighted by atomic mass is 10.0. The van der Waals surface area contributed by atoms with Gasteiger partial charge in [-0.15, -0.1) is 0 Å². The number of allylic oxidation sites excluding steroid dienone is 5. The van der Waals surface area contributed by atoms with Gasteiger partial charge in [-0.2, -0.15) is 0 Å². The summed E-state index contributed by atoms with van der Waals surface area (Å²) in [5.41, 5.74) is 0. The third-order valence-corrected chi connectivity index (χ3v) is 16.4. The number of carbonyl (C=O) groups excluding carboxylic acids is 2. The molecule has 0 aromatic heterocycles. The fraction of sp³-hybridized carbons (Fsp3) is 0.889. The van der Waals surface area contributed by atoms with Crippen LogP contribution >= 0.6 is 0 Å². The van der Waals surface area contributed by atoms with E-state index in [9.17, 15) is 19.8 Å². The van der Waals surface area contributed by atoms with E-state index in [1.807, 2.05) is 6.08 Å². The van der Waals surface area contributed by atoms with Crippen molar-refractivity contribution in [1.29, 1.82) is 0 Å². The van der Waals surface area contributed by atoms with E-state index in [4.69, 9.17) is 4.74 Å². The number of esters is 1. The minimum absolute atomic E-state index is 0.00503. The highest BCUT2D eigenvalue weighted by Crippen LogP contribution is 2.18. The molecule has 0 aromatic carbocycles. The quantitative estimate of drug-likeness (QED) is 0.0320. The maximum atomic E-state index is 12.5. The van der Waals surface area contributed by atoms with Crippen LogP contribution in [0.15, 0.2) is 36.5 Å². The zero-order valence-electron chi connectivity index (χ0n) is 52.7. The third-order valence-electron chi connectivity index (χ3n) is 16.4. The molecule has 0 aromatic rings. The molecule has 0 saturated heterocycles. The van der Waals surface area contributed by atoms with Crippen LogP contribution in [0.1, 0.15) is 386 Å². The fourth-order valence-corrected chi connectivity index (χ4v) is 11.0. The summed E-state index contributed by atoms with van der Waals surface area (Å²) in [5.74, 6) is -0.0612. The molecule has 0 bridgehead atoms. The van der Waals surface area contributed by atoms with Gasteiger partial charge in [0.25, 0.3) is 0 Å². The summed E-state index contributed by atoms with van der Waals surface area (Å²) in [6.07, 6.45) is 86.5. The van der Waals surface area contributed by atoms with Crippen molar-refractivity contribution in [2.24, 2.45) is 0 Å². The van der Waals surface area contributed by atoms with Crippen molar-refractivity contribution in [1.82, 2.24) is 5.32 Å². The van der Waals surface area contributed by atoms with Crippen LogP contribution in [-0.4, -0.2) is 47.4 Å². The maximum Gasteiger partial charge on any atom is 0.305 e. The molecular formula is C72H137NO5. The molecule has 78 heavy (non-hydrogen) atoms. The van der Waals surface area contributed by atoms with Gasteiger partial charge in [-0.3, -0.25) is 9.59 Å². The number of unbranched alkanes of at least 4 members (excludes halogenated alkanes) is 51. The van der Waals surface area contributed by atoms with Crippen molar-refractivity contribution >= 4 is 11.9 Å². The number of hydrogen-bond donors (Lipinski definition) is 3. The highest BCUT2D eigenvalue weighted by molar-refractivity contribution is 5.76. The van der Waals surface area contributed by atoms with E-state index in [1.165, 1.54) is 315 Å². The largest absolute Gasteiger partial charge is 0.466 e. The first-order valence-corrected chi connectivity index (χ1v) is 35.3. The van der Waals surface area contributed by atoms with Crippen LogP contribution in [0.25, 0.3) is 0 Å². The van der Waals surface area contributed by atoms with Gasteiger partial charge < -0.3 is 20.3 Å². The Balaban J connectivity index is 3.42. The van der Waals surface area contributed by atoms with Gasteiger partial charge in [0.2, 0.25) is 5.91 Å². The topological polar surface area (TPSA) is 95.9 Å². The molecule has 6 heteroatoms. The number of aliphatic hydroxyl groups is 2. The van der Waals surface area contributed by atoms with Crippen LogP contribution in [0, 0.1) is 0 Å². The SMILES string of the molecule is CCCCCC/C=C\CCCCCCCC(=O)OCCCCCCCCCCCCCC/C=C\CCCCCCCCCCCCC(=O)NC(CO)C(O)/C=C/CCCCCCCCCCCCCCCCCCCCCC. The summed E-state index contributed by atoms with van der Waals surface area (Å²) in [6.45, 7) is 4.92. The van der Waals surface area contributed by atoms with E-state index >= 15 is 0 Å². The zero-order chi connectivity index (χ0) is 56.4. The van der Waals surface area contributed by atoms with Crippen molar-refractivity contribution in [3.05, 3.63) is 36.5 Å². The van der Waals surface area contributed by atoms with Crippen molar-refractivity contribution in [2.75, 3.05) is 13.2 Å². The second kappa shape index (κ2) is 67.6. The Hall–Kier alpha value is -1.92. The van der Waals surface area contributed by atoms with Gasteiger partial charge >= 0.3 is 5.97 Å². The molecule has 0 aliphatic carbocycles. The molecule has 1 amide bonds. The van der Waals surface area contributed by atoms with Crippen LogP contribution in [0.5, 0.6) is 0 Å². The first kappa shape index (κ1) is 76.1. The number of ether oxygens (including phenoxy) is 1. The lowest BCUT2D eigenvalue weighted by molar-refractivity contribution is -0.143. The first-order valence-electron chi connectivity index (χ1n) is 35.3. The van der Waals surface area contributed by atoms with Gasteiger partial charge in [0.05, 0.1) is 25.4 Å². The molecule has 0 saturated carbocycles. The Morgan fingerprint density at radius 2 is 0.603 bits per heavy atom. The average molecular weight is 1100 g/mol. The molecule has 3 N–H and O–H groups in total. The number of hydrogen-bond acceptors (Lipinski definition) is 5. The average Bonchev–Trinajstić information content (AvgIpc) is 3.44. The van der Waals surface area contributed by atoms with Gasteiger partial charge in [-0.25, -0.2) is 0 Å². The van der Waals surface area contributed by atoms with Crippen molar-refractivity contribution < 1.29 is 24.5 Å². The van der Waals surface area contributed by atoms with Gasteiger partial charge in [-0.05, 0) is 83.5 Å². The maximum absolute atomic E-state index is 12.5. The van der Waals surface area contributed by atoms with Gasteiger partial charge in [0.15, 0.2) is 0 Å². The summed E-state index contributed by atoms with van der Waals surface area (Å²) in [6, 6.07) is -0.631. The molecule has 0 heterocycles. The molecule has 0 aliphatic heterocycles. The molecule has 0 fully saturated rings. The van der Waals surface area contributed by atoms with E-state index in [0.29, 0.717) is 19.4 Å². The zero-order valence-corrected chi connectivity index (χ0v) is 52.7. The number of amides is 1.